The van der Waals surface area contributed by atoms with Crippen molar-refractivity contribution in [3.05, 3.63) is 28.2 Å². The maximum absolute atomic E-state index is 10.6. The first-order valence-corrected chi connectivity index (χ1v) is 6.04. The lowest BCUT2D eigenvalue weighted by Crippen LogP contribution is -2.25. The van der Waals surface area contributed by atoms with Crippen LogP contribution in [0.5, 0.6) is 0 Å². The number of nitriles is 1. The number of anilines is 1. The van der Waals surface area contributed by atoms with Crippen LogP contribution in [0.2, 0.25) is 0 Å². The molecule has 0 bridgehead atoms. The van der Waals surface area contributed by atoms with E-state index in [2.05, 4.69) is 27.3 Å². The molecule has 0 radical (unpaired) electrons. The molecule has 2 N–H and O–H groups in total. The zero-order valence-electron chi connectivity index (χ0n) is 9.81. The molecule has 0 spiro atoms. The number of hydrogen-bond donors (Lipinski definition) is 2. The molecule has 1 unspecified atom stereocenters. The van der Waals surface area contributed by atoms with Crippen molar-refractivity contribution >= 4 is 27.6 Å². The molecule has 0 fully saturated rings. The second-order valence-corrected chi connectivity index (χ2v) is 4.55. The first kappa shape index (κ1) is 14.5. The van der Waals surface area contributed by atoms with E-state index in [-0.39, 0.29) is 6.42 Å². The Hall–Kier alpha value is -1.58. The van der Waals surface area contributed by atoms with E-state index in [1.54, 1.807) is 18.2 Å². The van der Waals surface area contributed by atoms with Gasteiger partial charge in [0.1, 0.15) is 6.07 Å². The molecule has 18 heavy (non-hydrogen) atoms. The maximum Gasteiger partial charge on any atom is 0.306 e. The Labute approximate surface area is 114 Å². The van der Waals surface area contributed by atoms with Crippen LogP contribution in [0.1, 0.15) is 12.0 Å². The monoisotopic (exact) mass is 312 g/mol. The third-order valence-corrected chi connectivity index (χ3v) is 2.85. The molecule has 0 aromatic heterocycles. The van der Waals surface area contributed by atoms with Gasteiger partial charge in [-0.15, -0.1) is 0 Å². The van der Waals surface area contributed by atoms with Crippen molar-refractivity contribution in [1.82, 2.24) is 0 Å². The summed E-state index contributed by atoms with van der Waals surface area (Å²) in [5.74, 6) is -0.918. The number of rotatable bonds is 6. The summed E-state index contributed by atoms with van der Waals surface area (Å²) in [5, 5.41) is 20.7. The SMILES string of the molecule is COC(CNc1cc(Br)ccc1C#N)CC(=O)O. The molecule has 0 aliphatic rings. The van der Waals surface area contributed by atoms with Crippen LogP contribution in [-0.2, 0) is 9.53 Å². The molecule has 0 amide bonds. The molecule has 0 aliphatic carbocycles. The Morgan fingerprint density at radius 1 is 1.67 bits per heavy atom. The lowest BCUT2D eigenvalue weighted by atomic mass is 10.2. The Bertz CT molecular complexity index is 471. The lowest BCUT2D eigenvalue weighted by molar-refractivity contribution is -0.139. The summed E-state index contributed by atoms with van der Waals surface area (Å²) < 4.78 is 5.89. The summed E-state index contributed by atoms with van der Waals surface area (Å²) in [6.45, 7) is 0.327. The summed E-state index contributed by atoms with van der Waals surface area (Å²) >= 11 is 3.32. The minimum absolute atomic E-state index is 0.0839. The topological polar surface area (TPSA) is 82.3 Å². The second kappa shape index (κ2) is 6.99. The summed E-state index contributed by atoms with van der Waals surface area (Å²) in [6.07, 6.45) is -0.521. The van der Waals surface area contributed by atoms with E-state index in [1.807, 2.05) is 0 Å². The Morgan fingerprint density at radius 2 is 2.39 bits per heavy atom. The van der Waals surface area contributed by atoms with Gasteiger partial charge in [-0.1, -0.05) is 15.9 Å². The number of hydrogen-bond acceptors (Lipinski definition) is 4. The van der Waals surface area contributed by atoms with Gasteiger partial charge in [0.05, 0.1) is 23.8 Å². The van der Waals surface area contributed by atoms with Crippen molar-refractivity contribution in [3.63, 3.8) is 0 Å². The third-order valence-electron chi connectivity index (χ3n) is 2.36. The average molecular weight is 313 g/mol. The van der Waals surface area contributed by atoms with Crippen molar-refractivity contribution in [2.75, 3.05) is 19.0 Å². The first-order chi connectivity index (χ1) is 8.56. The van der Waals surface area contributed by atoms with Crippen molar-refractivity contribution in [3.8, 4) is 6.07 Å². The van der Waals surface area contributed by atoms with Crippen molar-refractivity contribution < 1.29 is 14.6 Å². The molecular formula is C12H13BrN2O3. The van der Waals surface area contributed by atoms with Crippen LogP contribution in [0, 0.1) is 11.3 Å². The Morgan fingerprint density at radius 3 is 2.94 bits per heavy atom. The van der Waals surface area contributed by atoms with E-state index >= 15 is 0 Å². The van der Waals surface area contributed by atoms with Crippen LogP contribution in [0.15, 0.2) is 22.7 Å². The highest BCUT2D eigenvalue weighted by atomic mass is 79.9. The molecule has 0 heterocycles. The van der Waals surface area contributed by atoms with Gasteiger partial charge in [-0.05, 0) is 18.2 Å². The number of nitrogens with zero attached hydrogens (tertiary/aromatic N) is 1. The average Bonchev–Trinajstić information content (AvgIpc) is 2.34. The van der Waals surface area contributed by atoms with Gasteiger partial charge in [-0.3, -0.25) is 4.79 Å². The molecule has 1 aromatic carbocycles. The Kier molecular flexibility index (Phi) is 5.62. The highest BCUT2D eigenvalue weighted by Gasteiger charge is 2.12. The van der Waals surface area contributed by atoms with E-state index in [9.17, 15) is 4.79 Å². The highest BCUT2D eigenvalue weighted by Crippen LogP contribution is 2.21. The summed E-state index contributed by atoms with van der Waals surface area (Å²) in [4.78, 5) is 10.6. The van der Waals surface area contributed by atoms with Crippen LogP contribution in [0.25, 0.3) is 0 Å². The molecule has 1 rings (SSSR count). The molecule has 1 atom stereocenters. The van der Waals surface area contributed by atoms with Gasteiger partial charge in [-0.2, -0.15) is 5.26 Å². The molecule has 5 nitrogen and oxygen atoms in total. The zero-order chi connectivity index (χ0) is 13.5. The smallest absolute Gasteiger partial charge is 0.306 e. The van der Waals surface area contributed by atoms with Crippen LogP contribution in [-0.4, -0.2) is 30.8 Å². The number of halogens is 1. The standard InChI is InChI=1S/C12H13BrN2O3/c1-18-10(5-12(16)17)7-15-11-4-9(13)3-2-8(11)6-14/h2-4,10,15H,5,7H2,1H3,(H,16,17). The molecule has 96 valence electrons. The number of carboxylic acids is 1. The van der Waals surface area contributed by atoms with E-state index in [4.69, 9.17) is 15.1 Å². The van der Waals surface area contributed by atoms with E-state index in [0.29, 0.717) is 17.8 Å². The van der Waals surface area contributed by atoms with E-state index in [0.717, 1.165) is 4.47 Å². The molecule has 0 aliphatic heterocycles. The number of carbonyl (C=O) groups is 1. The number of nitrogens with one attached hydrogen (secondary N) is 1. The van der Waals surface area contributed by atoms with Gasteiger partial charge >= 0.3 is 5.97 Å². The molecule has 6 heteroatoms. The number of aliphatic carboxylic acids is 1. The second-order valence-electron chi connectivity index (χ2n) is 3.64. The fraction of sp³-hybridized carbons (Fsp3) is 0.333. The third kappa shape index (κ3) is 4.35. The maximum atomic E-state index is 10.6. The molecule has 1 aromatic rings. The summed E-state index contributed by atoms with van der Waals surface area (Å²) in [7, 11) is 1.46. The van der Waals surface area contributed by atoms with Crippen LogP contribution >= 0.6 is 15.9 Å². The predicted octanol–water partition coefficient (Wildman–Crippen LogP) is 2.22. The van der Waals surface area contributed by atoms with Crippen LogP contribution < -0.4 is 5.32 Å². The van der Waals surface area contributed by atoms with Gasteiger partial charge < -0.3 is 15.2 Å². The molecular weight excluding hydrogens is 300 g/mol. The number of methoxy groups -OCH3 is 1. The summed E-state index contributed by atoms with van der Waals surface area (Å²) in [5.41, 5.74) is 1.16. The fourth-order valence-electron chi connectivity index (χ4n) is 1.42. The van der Waals surface area contributed by atoms with Gasteiger partial charge in [0.2, 0.25) is 0 Å². The van der Waals surface area contributed by atoms with Crippen molar-refractivity contribution in [2.45, 2.75) is 12.5 Å². The largest absolute Gasteiger partial charge is 0.481 e. The van der Waals surface area contributed by atoms with Gasteiger partial charge in [0.15, 0.2) is 0 Å². The summed E-state index contributed by atoms with van der Waals surface area (Å²) in [6, 6.07) is 7.29. The quantitative estimate of drug-likeness (QED) is 0.841. The zero-order valence-corrected chi connectivity index (χ0v) is 11.4. The minimum atomic E-state index is -0.918. The van der Waals surface area contributed by atoms with Gasteiger partial charge in [-0.25, -0.2) is 0 Å². The molecule has 0 saturated carbocycles. The lowest BCUT2D eigenvalue weighted by Gasteiger charge is -2.15. The first-order valence-electron chi connectivity index (χ1n) is 5.25. The van der Waals surface area contributed by atoms with Crippen molar-refractivity contribution in [1.29, 1.82) is 5.26 Å². The van der Waals surface area contributed by atoms with Gasteiger partial charge in [0, 0.05) is 18.1 Å². The van der Waals surface area contributed by atoms with Crippen molar-refractivity contribution in [2.24, 2.45) is 0 Å². The number of benzene rings is 1. The molecule has 0 saturated heterocycles. The predicted molar refractivity (Wildman–Crippen MR) is 70.4 cm³/mol. The highest BCUT2D eigenvalue weighted by molar-refractivity contribution is 9.10. The number of carboxylic acid groups (broad SMARTS) is 1. The van der Waals surface area contributed by atoms with Crippen LogP contribution in [0.3, 0.4) is 0 Å². The minimum Gasteiger partial charge on any atom is -0.481 e. The van der Waals surface area contributed by atoms with E-state index in [1.165, 1.54) is 7.11 Å². The van der Waals surface area contributed by atoms with Crippen LogP contribution in [0.4, 0.5) is 5.69 Å². The number of ether oxygens (including phenoxy) is 1. The van der Waals surface area contributed by atoms with Gasteiger partial charge in [0.25, 0.3) is 0 Å². The normalized spacial score (nSPS) is 11.6. The fourth-order valence-corrected chi connectivity index (χ4v) is 1.78. The Balaban J connectivity index is 2.70. The van der Waals surface area contributed by atoms with E-state index < -0.39 is 12.1 Å².